The molecule has 0 aliphatic carbocycles. The maximum absolute atomic E-state index is 13.0. The van der Waals surface area contributed by atoms with Crippen LogP contribution in [0.4, 0.5) is 0 Å². The number of para-hydroxylation sites is 1. The molecule has 1 fully saturated rings. The van der Waals surface area contributed by atoms with Crippen molar-refractivity contribution in [3.63, 3.8) is 0 Å². The van der Waals surface area contributed by atoms with E-state index in [1.807, 2.05) is 53.4 Å². The van der Waals surface area contributed by atoms with Gasteiger partial charge in [0.2, 0.25) is 5.91 Å². The Labute approximate surface area is 193 Å². The number of ether oxygens (including phenoxy) is 2. The molecule has 33 heavy (non-hydrogen) atoms. The number of hydrogen-bond acceptors (Lipinski definition) is 4. The maximum Gasteiger partial charge on any atom is 0.222 e. The maximum atomic E-state index is 13.0. The molecule has 0 radical (unpaired) electrons. The molecule has 5 nitrogen and oxygen atoms in total. The lowest BCUT2D eigenvalue weighted by Gasteiger charge is -2.32. The van der Waals surface area contributed by atoms with Crippen molar-refractivity contribution in [2.45, 2.75) is 31.8 Å². The van der Waals surface area contributed by atoms with Gasteiger partial charge in [0.1, 0.15) is 23.1 Å². The lowest BCUT2D eigenvalue weighted by Crippen LogP contribution is -2.41. The van der Waals surface area contributed by atoms with Gasteiger partial charge < -0.3 is 14.4 Å². The number of carbonyl (C=O) groups is 1. The average Bonchev–Trinajstić information content (AvgIpc) is 2.87. The van der Waals surface area contributed by atoms with Gasteiger partial charge in [-0.2, -0.15) is 0 Å². The van der Waals surface area contributed by atoms with Crippen LogP contribution in [0.15, 0.2) is 72.9 Å². The van der Waals surface area contributed by atoms with Crippen molar-refractivity contribution in [2.24, 2.45) is 0 Å². The highest BCUT2D eigenvalue weighted by atomic mass is 16.5. The van der Waals surface area contributed by atoms with Crippen LogP contribution in [-0.4, -0.2) is 42.1 Å². The summed E-state index contributed by atoms with van der Waals surface area (Å²) in [7, 11) is 1.69. The molecule has 168 valence electrons. The van der Waals surface area contributed by atoms with Crippen molar-refractivity contribution in [1.82, 2.24) is 9.88 Å². The van der Waals surface area contributed by atoms with Crippen molar-refractivity contribution < 1.29 is 14.3 Å². The Balaban J connectivity index is 1.20. The number of piperidine rings is 1. The standard InChI is InChI=1S/C28H28N2O3/c1-32-25-13-11-20-6-2-3-9-23(20)24(25)12-14-27(31)30-18-15-22(16-19-30)33-26-10-4-7-21-8-5-17-29-28(21)26/h2-11,13,17,22H,12,14-16,18-19H2,1H3. The molecule has 1 aliphatic rings. The Bertz CT molecular complexity index is 1270. The third-order valence-corrected chi connectivity index (χ3v) is 6.49. The second-order valence-corrected chi connectivity index (χ2v) is 8.50. The van der Waals surface area contributed by atoms with E-state index in [1.165, 1.54) is 5.39 Å². The van der Waals surface area contributed by atoms with Crippen molar-refractivity contribution in [3.05, 3.63) is 78.5 Å². The highest BCUT2D eigenvalue weighted by molar-refractivity contribution is 5.88. The van der Waals surface area contributed by atoms with Gasteiger partial charge in [0.15, 0.2) is 0 Å². The zero-order chi connectivity index (χ0) is 22.6. The van der Waals surface area contributed by atoms with Gasteiger partial charge in [-0.15, -0.1) is 0 Å². The molecule has 1 aromatic heterocycles. The summed E-state index contributed by atoms with van der Waals surface area (Å²) < 4.78 is 11.9. The first-order chi connectivity index (χ1) is 16.2. The number of pyridine rings is 1. The first-order valence-corrected chi connectivity index (χ1v) is 11.6. The lowest BCUT2D eigenvalue weighted by atomic mass is 9.99. The zero-order valence-electron chi connectivity index (χ0n) is 18.9. The molecule has 1 amide bonds. The number of methoxy groups -OCH3 is 1. The van der Waals surface area contributed by atoms with Crippen molar-refractivity contribution in [2.75, 3.05) is 20.2 Å². The Morgan fingerprint density at radius 2 is 1.73 bits per heavy atom. The summed E-state index contributed by atoms with van der Waals surface area (Å²) in [5.41, 5.74) is 1.99. The number of fused-ring (bicyclic) bond motifs is 2. The second kappa shape index (κ2) is 9.49. The number of benzene rings is 3. The fourth-order valence-corrected chi connectivity index (χ4v) is 4.73. The van der Waals surface area contributed by atoms with Crippen LogP contribution in [0.5, 0.6) is 11.5 Å². The summed E-state index contributed by atoms with van der Waals surface area (Å²) in [5, 5.41) is 3.40. The first kappa shape index (κ1) is 21.3. The Hall–Kier alpha value is -3.60. The quantitative estimate of drug-likeness (QED) is 0.403. The molecular weight excluding hydrogens is 412 g/mol. The van der Waals surface area contributed by atoms with E-state index in [-0.39, 0.29) is 12.0 Å². The molecule has 1 aliphatic heterocycles. The largest absolute Gasteiger partial charge is 0.496 e. The van der Waals surface area contributed by atoms with Crippen LogP contribution in [0.25, 0.3) is 21.7 Å². The van der Waals surface area contributed by atoms with Crippen LogP contribution in [0.1, 0.15) is 24.8 Å². The summed E-state index contributed by atoms with van der Waals surface area (Å²) in [5.74, 6) is 1.86. The molecular formula is C28H28N2O3. The third kappa shape index (κ3) is 4.49. The summed E-state index contributed by atoms with van der Waals surface area (Å²) in [4.78, 5) is 19.4. The molecule has 0 unspecified atom stereocenters. The fraction of sp³-hybridized carbons (Fsp3) is 0.286. The average molecular weight is 441 g/mol. The molecule has 3 aromatic carbocycles. The monoisotopic (exact) mass is 440 g/mol. The van der Waals surface area contributed by atoms with Gasteiger partial charge in [-0.1, -0.05) is 48.5 Å². The predicted molar refractivity (Wildman–Crippen MR) is 131 cm³/mol. The Kier molecular flexibility index (Phi) is 6.11. The number of rotatable bonds is 6. The smallest absolute Gasteiger partial charge is 0.222 e. The fourth-order valence-electron chi connectivity index (χ4n) is 4.73. The number of aryl methyl sites for hydroxylation is 1. The normalized spacial score (nSPS) is 14.5. The topological polar surface area (TPSA) is 51.7 Å². The van der Waals surface area contributed by atoms with Gasteiger partial charge in [0.05, 0.1) is 7.11 Å². The highest BCUT2D eigenvalue weighted by Crippen LogP contribution is 2.30. The third-order valence-electron chi connectivity index (χ3n) is 6.49. The van der Waals surface area contributed by atoms with Gasteiger partial charge in [-0.3, -0.25) is 9.78 Å². The summed E-state index contributed by atoms with van der Waals surface area (Å²) in [6.07, 6.45) is 4.69. The number of nitrogens with zero attached hydrogens (tertiary/aromatic N) is 2. The minimum atomic E-state index is 0.0971. The molecule has 1 saturated heterocycles. The summed E-state index contributed by atoms with van der Waals surface area (Å²) in [6.45, 7) is 1.43. The van der Waals surface area contributed by atoms with Crippen LogP contribution < -0.4 is 9.47 Å². The number of likely N-dealkylation sites (tertiary alicyclic amines) is 1. The van der Waals surface area contributed by atoms with Gasteiger partial charge in [0, 0.05) is 49.5 Å². The van der Waals surface area contributed by atoms with E-state index in [0.717, 1.165) is 46.2 Å². The second-order valence-electron chi connectivity index (χ2n) is 8.50. The van der Waals surface area contributed by atoms with Gasteiger partial charge >= 0.3 is 0 Å². The SMILES string of the molecule is COc1ccc2ccccc2c1CCC(=O)N1CCC(Oc2cccc3cccnc23)CC1. The van der Waals surface area contributed by atoms with E-state index in [4.69, 9.17) is 9.47 Å². The number of aromatic nitrogens is 1. The molecule has 0 atom stereocenters. The van der Waals surface area contributed by atoms with Gasteiger partial charge in [-0.05, 0) is 35.4 Å². The van der Waals surface area contributed by atoms with Gasteiger partial charge in [-0.25, -0.2) is 0 Å². The Morgan fingerprint density at radius 1 is 0.939 bits per heavy atom. The van der Waals surface area contributed by atoms with E-state index in [1.54, 1.807) is 13.3 Å². The van der Waals surface area contributed by atoms with Gasteiger partial charge in [0.25, 0.3) is 0 Å². The van der Waals surface area contributed by atoms with E-state index < -0.39 is 0 Å². The van der Waals surface area contributed by atoms with Crippen LogP contribution in [0.3, 0.4) is 0 Å². The summed E-state index contributed by atoms with van der Waals surface area (Å²) in [6, 6.07) is 22.3. The molecule has 0 bridgehead atoms. The van der Waals surface area contributed by atoms with Crippen LogP contribution >= 0.6 is 0 Å². The first-order valence-electron chi connectivity index (χ1n) is 11.6. The van der Waals surface area contributed by atoms with Crippen LogP contribution in [-0.2, 0) is 11.2 Å². The molecule has 4 aromatic rings. The van der Waals surface area contributed by atoms with E-state index in [0.29, 0.717) is 25.9 Å². The molecule has 0 spiro atoms. The molecule has 0 N–H and O–H groups in total. The van der Waals surface area contributed by atoms with Crippen molar-refractivity contribution in [1.29, 1.82) is 0 Å². The number of carbonyl (C=O) groups excluding carboxylic acids is 1. The molecule has 5 heteroatoms. The molecule has 0 saturated carbocycles. The number of hydrogen-bond donors (Lipinski definition) is 0. The number of amides is 1. The minimum absolute atomic E-state index is 0.0971. The molecule has 5 rings (SSSR count). The zero-order valence-corrected chi connectivity index (χ0v) is 18.9. The Morgan fingerprint density at radius 3 is 2.58 bits per heavy atom. The van der Waals surface area contributed by atoms with Crippen LogP contribution in [0.2, 0.25) is 0 Å². The van der Waals surface area contributed by atoms with Crippen molar-refractivity contribution in [3.8, 4) is 11.5 Å². The van der Waals surface area contributed by atoms with E-state index >= 15 is 0 Å². The summed E-state index contributed by atoms with van der Waals surface area (Å²) >= 11 is 0. The van der Waals surface area contributed by atoms with E-state index in [9.17, 15) is 4.79 Å². The lowest BCUT2D eigenvalue weighted by molar-refractivity contribution is -0.132. The van der Waals surface area contributed by atoms with Crippen molar-refractivity contribution >= 4 is 27.6 Å². The minimum Gasteiger partial charge on any atom is -0.496 e. The van der Waals surface area contributed by atoms with Crippen LogP contribution in [0, 0.1) is 0 Å². The predicted octanol–water partition coefficient (Wildman–Crippen LogP) is 5.40. The molecule has 2 heterocycles. The highest BCUT2D eigenvalue weighted by Gasteiger charge is 2.24. The van der Waals surface area contributed by atoms with E-state index in [2.05, 4.69) is 23.2 Å².